The Morgan fingerprint density at radius 2 is 1.90 bits per heavy atom. The molecule has 0 spiro atoms. The van der Waals surface area contributed by atoms with Gasteiger partial charge >= 0.3 is 0 Å². The minimum absolute atomic E-state index is 0.200. The summed E-state index contributed by atoms with van der Waals surface area (Å²) in [6.45, 7) is -0.240. The van der Waals surface area contributed by atoms with Gasteiger partial charge in [-0.25, -0.2) is 4.68 Å². The summed E-state index contributed by atoms with van der Waals surface area (Å²) in [6, 6.07) is 9.25. The van der Waals surface area contributed by atoms with Crippen molar-refractivity contribution in [2.24, 2.45) is 7.05 Å². The minimum atomic E-state index is -1.06. The zero-order valence-corrected chi connectivity index (χ0v) is 11.3. The molecule has 1 aromatic carbocycles. The molecule has 0 saturated carbocycles. The number of rotatable bonds is 2. The zero-order chi connectivity index (χ0) is 15.0. The highest BCUT2D eigenvalue weighted by Gasteiger charge is 2.32. The number of morpholine rings is 1. The molecule has 108 valence electrons. The third-order valence-electron chi connectivity index (χ3n) is 3.31. The van der Waals surface area contributed by atoms with Gasteiger partial charge in [-0.2, -0.15) is 0 Å². The van der Waals surface area contributed by atoms with Crippen molar-refractivity contribution in [2.75, 3.05) is 6.61 Å². The van der Waals surface area contributed by atoms with Crippen LogP contribution < -0.4 is 10.9 Å². The van der Waals surface area contributed by atoms with E-state index in [0.717, 1.165) is 5.69 Å². The second-order valence-corrected chi connectivity index (χ2v) is 4.70. The lowest BCUT2D eigenvalue weighted by Gasteiger charge is -2.19. The lowest BCUT2D eigenvalue weighted by molar-refractivity contribution is -0.150. The van der Waals surface area contributed by atoms with Crippen LogP contribution in [0.4, 0.5) is 0 Å². The summed E-state index contributed by atoms with van der Waals surface area (Å²) >= 11 is 0. The van der Waals surface area contributed by atoms with E-state index in [-0.39, 0.29) is 17.7 Å². The van der Waals surface area contributed by atoms with Crippen molar-refractivity contribution in [2.45, 2.75) is 6.10 Å². The molecule has 1 aliphatic rings. The number of carbonyl (C=O) groups excluding carboxylic acids is 2. The van der Waals surface area contributed by atoms with E-state index in [4.69, 9.17) is 4.74 Å². The Bertz CT molecular complexity index is 760. The Labute approximate surface area is 119 Å². The molecule has 2 amide bonds. The Morgan fingerprint density at radius 1 is 1.19 bits per heavy atom. The lowest BCUT2D eigenvalue weighted by atomic mass is 10.1. The van der Waals surface area contributed by atoms with Crippen LogP contribution >= 0.6 is 0 Å². The SMILES string of the molecule is Cn1c(=O)c(C2OCC(=O)NC2=O)cn1-c1ccccc1. The van der Waals surface area contributed by atoms with Crippen LogP contribution in [0.2, 0.25) is 0 Å². The second-order valence-electron chi connectivity index (χ2n) is 4.70. The summed E-state index contributed by atoms with van der Waals surface area (Å²) in [5.74, 6) is -1.12. The highest BCUT2D eigenvalue weighted by molar-refractivity contribution is 6.00. The predicted octanol–water partition coefficient (Wildman–Crippen LogP) is -0.110. The van der Waals surface area contributed by atoms with Crippen molar-refractivity contribution < 1.29 is 14.3 Å². The molecule has 21 heavy (non-hydrogen) atoms. The largest absolute Gasteiger partial charge is 0.353 e. The standard InChI is InChI=1S/C14H13N3O4/c1-16-14(20)10(12-13(19)15-11(18)8-21-12)7-17(16)9-5-3-2-4-6-9/h2-7,12H,8H2,1H3,(H,15,18,19). The molecule has 1 fully saturated rings. The molecule has 1 saturated heterocycles. The Hall–Kier alpha value is -2.67. The van der Waals surface area contributed by atoms with E-state index in [1.807, 2.05) is 30.3 Å². The van der Waals surface area contributed by atoms with Crippen molar-refractivity contribution >= 4 is 11.8 Å². The van der Waals surface area contributed by atoms with E-state index in [0.29, 0.717) is 0 Å². The lowest BCUT2D eigenvalue weighted by Crippen LogP contribution is -2.44. The van der Waals surface area contributed by atoms with Crippen molar-refractivity contribution in [3.63, 3.8) is 0 Å². The van der Waals surface area contributed by atoms with Gasteiger partial charge in [-0.1, -0.05) is 18.2 Å². The van der Waals surface area contributed by atoms with Gasteiger partial charge in [-0.3, -0.25) is 24.4 Å². The van der Waals surface area contributed by atoms with Crippen LogP contribution in [0.5, 0.6) is 0 Å². The van der Waals surface area contributed by atoms with E-state index in [1.54, 1.807) is 17.9 Å². The zero-order valence-electron chi connectivity index (χ0n) is 11.3. The van der Waals surface area contributed by atoms with Crippen LogP contribution in [0.15, 0.2) is 41.3 Å². The number of carbonyl (C=O) groups is 2. The number of aromatic nitrogens is 2. The maximum absolute atomic E-state index is 12.3. The maximum Gasteiger partial charge on any atom is 0.273 e. The molecule has 1 aromatic heterocycles. The van der Waals surface area contributed by atoms with Gasteiger partial charge in [0.05, 0.1) is 11.3 Å². The number of nitrogens with one attached hydrogen (secondary N) is 1. The minimum Gasteiger partial charge on any atom is -0.353 e. The average Bonchev–Trinajstić information content (AvgIpc) is 2.77. The molecule has 7 heteroatoms. The summed E-state index contributed by atoms with van der Waals surface area (Å²) in [4.78, 5) is 35.2. The quantitative estimate of drug-likeness (QED) is 0.781. The predicted molar refractivity (Wildman–Crippen MR) is 72.9 cm³/mol. The van der Waals surface area contributed by atoms with Gasteiger partial charge in [0.2, 0.25) is 0 Å². The van der Waals surface area contributed by atoms with Crippen LogP contribution in [-0.2, 0) is 21.4 Å². The summed E-state index contributed by atoms with van der Waals surface area (Å²) in [7, 11) is 1.60. The first-order chi connectivity index (χ1) is 10.1. The van der Waals surface area contributed by atoms with Gasteiger partial charge in [0.1, 0.15) is 6.61 Å². The molecule has 2 aromatic rings. The first kappa shape index (κ1) is 13.3. The van der Waals surface area contributed by atoms with Gasteiger partial charge in [-0.15, -0.1) is 0 Å². The molecule has 0 bridgehead atoms. The number of nitrogens with zero attached hydrogens (tertiary/aromatic N) is 2. The van der Waals surface area contributed by atoms with E-state index >= 15 is 0 Å². The van der Waals surface area contributed by atoms with Gasteiger partial charge in [-0.05, 0) is 12.1 Å². The van der Waals surface area contributed by atoms with Crippen LogP contribution in [0.1, 0.15) is 11.7 Å². The molecule has 1 atom stereocenters. The highest BCUT2D eigenvalue weighted by atomic mass is 16.5. The van der Waals surface area contributed by atoms with E-state index < -0.39 is 17.9 Å². The number of hydrogen-bond acceptors (Lipinski definition) is 4. The smallest absolute Gasteiger partial charge is 0.273 e. The topological polar surface area (TPSA) is 82.3 Å². The highest BCUT2D eigenvalue weighted by Crippen LogP contribution is 2.18. The van der Waals surface area contributed by atoms with E-state index in [9.17, 15) is 14.4 Å². The van der Waals surface area contributed by atoms with Crippen LogP contribution in [0.3, 0.4) is 0 Å². The summed E-state index contributed by atoms with van der Waals surface area (Å²) in [6.07, 6.45) is 0.490. The fourth-order valence-corrected chi connectivity index (χ4v) is 2.27. The third-order valence-corrected chi connectivity index (χ3v) is 3.31. The maximum atomic E-state index is 12.3. The van der Waals surface area contributed by atoms with Gasteiger partial charge < -0.3 is 4.74 Å². The molecular weight excluding hydrogens is 274 g/mol. The molecule has 7 nitrogen and oxygen atoms in total. The fraction of sp³-hybridized carbons (Fsp3) is 0.214. The van der Waals surface area contributed by atoms with Crippen LogP contribution in [0, 0.1) is 0 Å². The van der Waals surface area contributed by atoms with Gasteiger partial charge in [0, 0.05) is 13.2 Å². The Kier molecular flexibility index (Phi) is 3.19. The van der Waals surface area contributed by atoms with Crippen molar-refractivity contribution in [1.82, 2.24) is 14.7 Å². The number of benzene rings is 1. The third kappa shape index (κ3) is 2.27. The van der Waals surface area contributed by atoms with Crippen LogP contribution in [0.25, 0.3) is 5.69 Å². The van der Waals surface area contributed by atoms with E-state index in [2.05, 4.69) is 5.32 Å². The number of hydrogen-bond donors (Lipinski definition) is 1. The second kappa shape index (κ2) is 5.02. The first-order valence-electron chi connectivity index (χ1n) is 6.37. The molecule has 1 N–H and O–H groups in total. The molecule has 0 aliphatic carbocycles. The summed E-state index contributed by atoms with van der Waals surface area (Å²) < 4.78 is 8.20. The van der Waals surface area contributed by atoms with Crippen molar-refractivity contribution in [1.29, 1.82) is 0 Å². The molecule has 1 unspecified atom stereocenters. The van der Waals surface area contributed by atoms with Crippen LogP contribution in [-0.4, -0.2) is 27.8 Å². The molecular formula is C14H13N3O4. The normalized spacial score (nSPS) is 18.6. The summed E-state index contributed by atoms with van der Waals surface area (Å²) in [5.41, 5.74) is 0.648. The van der Waals surface area contributed by atoms with E-state index in [1.165, 1.54) is 4.68 Å². The molecule has 3 rings (SSSR count). The first-order valence-corrected chi connectivity index (χ1v) is 6.37. The average molecular weight is 287 g/mol. The number of imide groups is 1. The molecule has 2 heterocycles. The van der Waals surface area contributed by atoms with Gasteiger partial charge in [0.25, 0.3) is 17.4 Å². The Morgan fingerprint density at radius 3 is 2.57 bits per heavy atom. The van der Waals surface area contributed by atoms with Gasteiger partial charge in [0.15, 0.2) is 6.10 Å². The molecule has 1 aliphatic heterocycles. The fourth-order valence-electron chi connectivity index (χ4n) is 2.27. The molecule has 0 radical (unpaired) electrons. The van der Waals surface area contributed by atoms with Crippen molar-refractivity contribution in [3.05, 3.63) is 52.4 Å². The summed E-state index contributed by atoms with van der Waals surface area (Å²) in [5, 5.41) is 2.16. The number of ether oxygens (including phenoxy) is 1. The Balaban J connectivity index is 2.04. The number of amides is 2. The number of para-hydroxylation sites is 1. The van der Waals surface area contributed by atoms with Crippen molar-refractivity contribution in [3.8, 4) is 5.69 Å². The monoisotopic (exact) mass is 287 g/mol.